The van der Waals surface area contributed by atoms with Crippen LogP contribution in [-0.4, -0.2) is 51.1 Å². The van der Waals surface area contributed by atoms with Gasteiger partial charge in [-0.3, -0.25) is 14.0 Å². The molecule has 32 heavy (non-hydrogen) atoms. The van der Waals surface area contributed by atoms with Crippen molar-refractivity contribution >= 4 is 41.7 Å². The van der Waals surface area contributed by atoms with Crippen LogP contribution >= 0.6 is 24.2 Å². The minimum Gasteiger partial charge on any atom is -0.456 e. The fraction of sp³-hybridized carbons (Fsp3) is 0.333. The van der Waals surface area contributed by atoms with Crippen molar-refractivity contribution in [3.8, 4) is 0 Å². The fourth-order valence-electron chi connectivity index (χ4n) is 3.55. The zero-order chi connectivity index (χ0) is 22.0. The van der Waals surface area contributed by atoms with Gasteiger partial charge in [0.05, 0.1) is 0 Å². The number of nitrogens with zero attached hydrogens (tertiary/aromatic N) is 4. The van der Waals surface area contributed by atoms with Crippen LogP contribution in [0.5, 0.6) is 0 Å². The molecule has 4 rings (SSSR count). The van der Waals surface area contributed by atoms with Crippen LogP contribution in [0.25, 0.3) is 5.65 Å². The number of rotatable bonds is 5. The smallest absolute Gasteiger partial charge is 0.303 e. The third kappa shape index (κ3) is 5.36. The van der Waals surface area contributed by atoms with Crippen molar-refractivity contribution in [3.63, 3.8) is 0 Å². The number of aromatic nitrogens is 3. The van der Waals surface area contributed by atoms with Crippen molar-refractivity contribution in [2.24, 2.45) is 0 Å². The highest BCUT2D eigenvalue weighted by Gasteiger charge is 2.27. The lowest BCUT2D eigenvalue weighted by atomic mass is 9.96. The van der Waals surface area contributed by atoms with E-state index < -0.39 is 17.6 Å². The van der Waals surface area contributed by atoms with Crippen LogP contribution < -0.4 is 0 Å². The molecule has 1 aliphatic heterocycles. The van der Waals surface area contributed by atoms with E-state index in [9.17, 15) is 18.4 Å². The number of hydrogen-bond donors (Lipinski definition) is 0. The molecule has 7 nitrogen and oxygen atoms in total. The van der Waals surface area contributed by atoms with E-state index in [1.54, 1.807) is 11.0 Å². The molecule has 170 valence electrons. The molecule has 3 aromatic rings. The molecule has 11 heteroatoms. The number of halogens is 3. The van der Waals surface area contributed by atoms with Crippen molar-refractivity contribution in [3.05, 3.63) is 54.0 Å². The topological polar surface area (TPSA) is 76.8 Å². The van der Waals surface area contributed by atoms with E-state index in [2.05, 4.69) is 10.2 Å². The Bertz CT molecular complexity index is 1140. The summed E-state index contributed by atoms with van der Waals surface area (Å²) in [6.07, 6.45) is 3.25. The highest BCUT2D eigenvalue weighted by molar-refractivity contribution is 7.99. The number of benzene rings is 1. The first kappa shape index (κ1) is 23.9. The maximum atomic E-state index is 14.0. The van der Waals surface area contributed by atoms with Crippen LogP contribution in [0.15, 0.2) is 46.3 Å². The number of hydrogen-bond acceptors (Lipinski definition) is 6. The first-order chi connectivity index (χ1) is 14.9. The van der Waals surface area contributed by atoms with E-state index in [1.165, 1.54) is 30.8 Å². The maximum absolute atomic E-state index is 14.0. The van der Waals surface area contributed by atoms with Crippen molar-refractivity contribution in [1.82, 2.24) is 19.5 Å². The Morgan fingerprint density at radius 3 is 2.59 bits per heavy atom. The van der Waals surface area contributed by atoms with Gasteiger partial charge in [0, 0.05) is 48.0 Å². The number of carbonyl (C=O) groups is 2. The summed E-state index contributed by atoms with van der Waals surface area (Å²) in [5.74, 6) is -1.03. The molecule has 0 bridgehead atoms. The van der Waals surface area contributed by atoms with Gasteiger partial charge in [0.25, 0.3) is 5.91 Å². The number of pyridine rings is 1. The third-order valence-electron chi connectivity index (χ3n) is 5.14. The number of likely N-dealkylation sites (tertiary alicyclic amines) is 1. The Hall–Kier alpha value is -2.72. The first-order valence-electron chi connectivity index (χ1n) is 9.79. The number of fused-ring (bicyclic) bond motifs is 1. The molecule has 1 saturated heterocycles. The monoisotopic (exact) mass is 482 g/mol. The van der Waals surface area contributed by atoms with E-state index >= 15 is 0 Å². The van der Waals surface area contributed by atoms with Crippen molar-refractivity contribution < 1.29 is 23.1 Å². The van der Waals surface area contributed by atoms with Gasteiger partial charge >= 0.3 is 5.97 Å². The molecular weight excluding hydrogens is 462 g/mol. The Labute approximate surface area is 193 Å². The van der Waals surface area contributed by atoms with Gasteiger partial charge < -0.3 is 9.64 Å². The van der Waals surface area contributed by atoms with Gasteiger partial charge in [-0.25, -0.2) is 8.78 Å². The summed E-state index contributed by atoms with van der Waals surface area (Å²) >= 11 is 1.20. The lowest BCUT2D eigenvalue weighted by Crippen LogP contribution is -2.40. The van der Waals surface area contributed by atoms with E-state index in [-0.39, 0.29) is 30.8 Å². The van der Waals surface area contributed by atoms with E-state index in [4.69, 9.17) is 4.74 Å². The molecule has 2 aromatic heterocycles. The molecule has 0 spiro atoms. The molecule has 1 amide bonds. The minimum absolute atomic E-state index is 0. The summed E-state index contributed by atoms with van der Waals surface area (Å²) < 4.78 is 33.8. The maximum Gasteiger partial charge on any atom is 0.303 e. The molecule has 0 radical (unpaired) electrons. The highest BCUT2D eigenvalue weighted by Crippen LogP contribution is 2.32. The average Bonchev–Trinajstić information content (AvgIpc) is 3.17. The van der Waals surface area contributed by atoms with Gasteiger partial charge in [0.1, 0.15) is 17.5 Å². The standard InChI is InChI=1S/C21H20F2N4O3S.ClH/c1-13(28)30-12-20(29)26-8-6-14(7-9-26)21-25-24-19-5-3-16(11-27(19)21)31-18-4-2-15(22)10-17(18)23;/h2-5,10-11,14H,6-9,12H2,1H3;1H. The lowest BCUT2D eigenvalue weighted by molar-refractivity contribution is -0.150. The second-order valence-corrected chi connectivity index (χ2v) is 8.38. The number of piperidine rings is 1. The quantitative estimate of drug-likeness (QED) is 0.514. The molecular formula is C21H21ClF2N4O3S. The summed E-state index contributed by atoms with van der Waals surface area (Å²) in [7, 11) is 0. The van der Waals surface area contributed by atoms with E-state index in [1.807, 2.05) is 16.7 Å². The van der Waals surface area contributed by atoms with Crippen LogP contribution in [0.4, 0.5) is 8.78 Å². The fourth-order valence-corrected chi connectivity index (χ4v) is 4.40. The number of ether oxygens (including phenoxy) is 1. The van der Waals surface area contributed by atoms with E-state index in [0.29, 0.717) is 36.5 Å². The molecule has 1 fully saturated rings. The van der Waals surface area contributed by atoms with Crippen molar-refractivity contribution in [2.45, 2.75) is 35.5 Å². The predicted octanol–water partition coefficient (Wildman–Crippen LogP) is 3.85. The highest BCUT2D eigenvalue weighted by atomic mass is 35.5. The van der Waals surface area contributed by atoms with Crippen LogP contribution in [0.3, 0.4) is 0 Å². The van der Waals surface area contributed by atoms with Gasteiger partial charge in [-0.2, -0.15) is 0 Å². The Morgan fingerprint density at radius 2 is 1.91 bits per heavy atom. The molecule has 0 saturated carbocycles. The van der Waals surface area contributed by atoms with Crippen molar-refractivity contribution in [2.75, 3.05) is 19.7 Å². The molecule has 3 heterocycles. The van der Waals surface area contributed by atoms with Gasteiger partial charge in [-0.05, 0) is 37.1 Å². The number of carbonyl (C=O) groups excluding carboxylic acids is 2. The summed E-state index contributed by atoms with van der Waals surface area (Å²) in [6, 6.07) is 7.12. The molecule has 0 N–H and O–H groups in total. The molecule has 0 unspecified atom stereocenters. The SMILES string of the molecule is CC(=O)OCC(=O)N1CCC(c2nnc3ccc(Sc4ccc(F)cc4F)cn23)CC1.Cl. The molecule has 1 aromatic carbocycles. The average molecular weight is 483 g/mol. The van der Waals surface area contributed by atoms with Crippen LogP contribution in [0.1, 0.15) is 31.5 Å². The van der Waals surface area contributed by atoms with Gasteiger partial charge in [-0.1, -0.05) is 11.8 Å². The first-order valence-corrected chi connectivity index (χ1v) is 10.6. The van der Waals surface area contributed by atoms with Gasteiger partial charge in [0.2, 0.25) is 0 Å². The normalized spacial score (nSPS) is 14.3. The Kier molecular flexibility index (Phi) is 7.68. The zero-order valence-electron chi connectivity index (χ0n) is 17.2. The predicted molar refractivity (Wildman–Crippen MR) is 116 cm³/mol. The summed E-state index contributed by atoms with van der Waals surface area (Å²) in [6.45, 7) is 2.10. The van der Waals surface area contributed by atoms with Crippen molar-refractivity contribution in [1.29, 1.82) is 0 Å². The molecule has 0 aliphatic carbocycles. The molecule has 0 atom stereocenters. The summed E-state index contributed by atoms with van der Waals surface area (Å²) in [4.78, 5) is 25.8. The zero-order valence-corrected chi connectivity index (χ0v) is 18.8. The van der Waals surface area contributed by atoms with Gasteiger partial charge in [-0.15, -0.1) is 22.6 Å². The largest absolute Gasteiger partial charge is 0.456 e. The summed E-state index contributed by atoms with van der Waals surface area (Å²) in [5, 5.41) is 8.55. The minimum atomic E-state index is -0.615. The second kappa shape index (κ2) is 10.3. The van der Waals surface area contributed by atoms with Crippen LogP contribution in [0, 0.1) is 11.6 Å². The summed E-state index contributed by atoms with van der Waals surface area (Å²) in [5.41, 5.74) is 0.673. The lowest BCUT2D eigenvalue weighted by Gasteiger charge is -2.31. The van der Waals surface area contributed by atoms with Crippen LogP contribution in [-0.2, 0) is 14.3 Å². The second-order valence-electron chi connectivity index (χ2n) is 7.26. The van der Waals surface area contributed by atoms with Crippen LogP contribution in [0.2, 0.25) is 0 Å². The Balaban J connectivity index is 0.00000289. The third-order valence-corrected chi connectivity index (χ3v) is 6.16. The molecule has 1 aliphatic rings. The number of esters is 1. The Morgan fingerprint density at radius 1 is 1.16 bits per heavy atom. The number of amides is 1. The van der Waals surface area contributed by atoms with E-state index in [0.717, 1.165) is 16.8 Å². The van der Waals surface area contributed by atoms with Gasteiger partial charge in [0.15, 0.2) is 12.3 Å².